The molecule has 1 aliphatic heterocycles. The number of aryl methyl sites for hydroxylation is 2. The average molecular weight is 362 g/mol. The highest BCUT2D eigenvalue weighted by molar-refractivity contribution is 5.88. The molecule has 0 bridgehead atoms. The molecule has 1 fully saturated rings. The minimum Gasteiger partial charge on any atom is -0.324 e. The van der Waals surface area contributed by atoms with Crippen LogP contribution in [-0.4, -0.2) is 33.8 Å². The molecule has 1 unspecified atom stereocenters. The number of aromatic nitrogens is 2. The average Bonchev–Trinajstić information content (AvgIpc) is 2.96. The third-order valence-corrected chi connectivity index (χ3v) is 4.78. The predicted octanol–water partition coefficient (Wildman–Crippen LogP) is 4.06. The number of amides is 2. The van der Waals surface area contributed by atoms with Crippen LogP contribution >= 0.6 is 0 Å². The number of anilines is 1. The van der Waals surface area contributed by atoms with E-state index in [0.717, 1.165) is 43.5 Å². The lowest BCUT2D eigenvalue weighted by molar-refractivity contribution is 0.192. The fraction of sp³-hybridized carbons (Fsp3) is 0.474. The summed E-state index contributed by atoms with van der Waals surface area (Å²) in [5.74, 6) is -0.444. The largest absolute Gasteiger partial charge is 0.324 e. The molecule has 1 atom stereocenters. The number of piperidine rings is 1. The minimum atomic E-state index is -0.457. The molecule has 5 nitrogen and oxygen atoms in total. The molecule has 1 aliphatic rings. The van der Waals surface area contributed by atoms with Crippen molar-refractivity contribution in [2.24, 2.45) is 7.05 Å². The highest BCUT2D eigenvalue weighted by Crippen LogP contribution is 2.29. The molecule has 2 heterocycles. The van der Waals surface area contributed by atoms with Crippen molar-refractivity contribution in [2.45, 2.75) is 38.5 Å². The third kappa shape index (κ3) is 4.03. The van der Waals surface area contributed by atoms with Crippen LogP contribution < -0.4 is 5.32 Å². The lowest BCUT2D eigenvalue weighted by atomic mass is 9.90. The van der Waals surface area contributed by atoms with Crippen LogP contribution in [0, 0.1) is 11.6 Å². The summed E-state index contributed by atoms with van der Waals surface area (Å²) in [4.78, 5) is 14.3. The summed E-state index contributed by atoms with van der Waals surface area (Å²) in [5.41, 5.74) is 1.27. The Bertz CT molecular complexity index is 790. The number of urea groups is 1. The molecule has 0 aliphatic carbocycles. The Morgan fingerprint density at radius 2 is 2.15 bits per heavy atom. The standard InChI is InChI=1S/C19H24F2N4O/c1-3-5-15-11-18(24(2)23-15)22-19(26)25-9-4-6-13(12-25)16-10-14(20)7-8-17(16)21/h7-8,10-11,13H,3-6,9,12H2,1-2H3,(H,22,26). The van der Waals surface area contributed by atoms with E-state index in [9.17, 15) is 13.6 Å². The monoisotopic (exact) mass is 362 g/mol. The Morgan fingerprint density at radius 1 is 1.35 bits per heavy atom. The van der Waals surface area contributed by atoms with Crippen LogP contribution in [0.15, 0.2) is 24.3 Å². The zero-order valence-corrected chi connectivity index (χ0v) is 15.1. The Balaban J connectivity index is 1.69. The number of hydrogen-bond acceptors (Lipinski definition) is 2. The maximum Gasteiger partial charge on any atom is 0.323 e. The first kappa shape index (κ1) is 18.4. The summed E-state index contributed by atoms with van der Waals surface area (Å²) in [5, 5.41) is 7.25. The van der Waals surface area contributed by atoms with Crippen LogP contribution in [0.4, 0.5) is 19.4 Å². The topological polar surface area (TPSA) is 50.2 Å². The summed E-state index contributed by atoms with van der Waals surface area (Å²) in [6.07, 6.45) is 3.32. The second-order valence-electron chi connectivity index (χ2n) is 6.78. The van der Waals surface area contributed by atoms with Crippen LogP contribution in [-0.2, 0) is 13.5 Å². The number of rotatable bonds is 4. The van der Waals surface area contributed by atoms with Gasteiger partial charge in [-0.3, -0.25) is 10.00 Å². The van der Waals surface area contributed by atoms with Crippen molar-refractivity contribution in [3.63, 3.8) is 0 Å². The molecule has 3 rings (SSSR count). The van der Waals surface area contributed by atoms with E-state index in [1.807, 2.05) is 6.07 Å². The second kappa shape index (κ2) is 7.85. The molecule has 1 aromatic carbocycles. The molecular weight excluding hydrogens is 338 g/mol. The number of halogens is 2. The Hall–Kier alpha value is -2.44. The van der Waals surface area contributed by atoms with Gasteiger partial charge in [0.05, 0.1) is 5.69 Å². The highest BCUT2D eigenvalue weighted by Gasteiger charge is 2.27. The maximum absolute atomic E-state index is 14.1. The quantitative estimate of drug-likeness (QED) is 0.892. The van der Waals surface area contributed by atoms with Crippen molar-refractivity contribution >= 4 is 11.8 Å². The minimum absolute atomic E-state index is 0.201. The fourth-order valence-electron chi connectivity index (χ4n) is 3.45. The number of hydrogen-bond donors (Lipinski definition) is 1. The van der Waals surface area contributed by atoms with Crippen molar-refractivity contribution in [1.82, 2.24) is 14.7 Å². The zero-order chi connectivity index (χ0) is 18.7. The number of nitrogens with zero attached hydrogens (tertiary/aromatic N) is 3. The van der Waals surface area contributed by atoms with Crippen molar-refractivity contribution in [1.29, 1.82) is 0 Å². The lowest BCUT2D eigenvalue weighted by Gasteiger charge is -2.33. The molecule has 0 saturated carbocycles. The van der Waals surface area contributed by atoms with E-state index in [4.69, 9.17) is 0 Å². The third-order valence-electron chi connectivity index (χ3n) is 4.78. The van der Waals surface area contributed by atoms with Crippen LogP contribution in [0.1, 0.15) is 43.4 Å². The SMILES string of the molecule is CCCc1cc(NC(=O)N2CCCC(c3cc(F)ccc3F)C2)n(C)n1. The van der Waals surface area contributed by atoms with Gasteiger partial charge in [0.1, 0.15) is 17.5 Å². The van der Waals surface area contributed by atoms with Gasteiger partial charge in [0.15, 0.2) is 0 Å². The number of nitrogens with one attached hydrogen (secondary N) is 1. The molecule has 1 saturated heterocycles. The summed E-state index contributed by atoms with van der Waals surface area (Å²) in [6, 6.07) is 5.13. The second-order valence-corrected chi connectivity index (χ2v) is 6.78. The van der Waals surface area contributed by atoms with E-state index in [1.165, 1.54) is 6.07 Å². The normalized spacial score (nSPS) is 17.4. The van der Waals surface area contributed by atoms with Gasteiger partial charge in [0.25, 0.3) is 0 Å². The summed E-state index contributed by atoms with van der Waals surface area (Å²) in [6.45, 7) is 3.04. The molecule has 0 radical (unpaired) electrons. The number of carbonyl (C=O) groups is 1. The maximum atomic E-state index is 14.1. The molecule has 2 aromatic rings. The van der Waals surface area contributed by atoms with Gasteiger partial charge in [0.2, 0.25) is 0 Å². The van der Waals surface area contributed by atoms with Crippen molar-refractivity contribution in [2.75, 3.05) is 18.4 Å². The Kier molecular flexibility index (Phi) is 5.54. The Labute approximate surface area is 152 Å². The van der Waals surface area contributed by atoms with Crippen LogP contribution in [0.3, 0.4) is 0 Å². The van der Waals surface area contributed by atoms with E-state index in [0.29, 0.717) is 24.5 Å². The van der Waals surface area contributed by atoms with E-state index >= 15 is 0 Å². The fourth-order valence-corrected chi connectivity index (χ4v) is 3.45. The highest BCUT2D eigenvalue weighted by atomic mass is 19.1. The Morgan fingerprint density at radius 3 is 2.92 bits per heavy atom. The first-order valence-electron chi connectivity index (χ1n) is 9.01. The van der Waals surface area contributed by atoms with E-state index in [-0.39, 0.29) is 11.9 Å². The molecule has 1 aromatic heterocycles. The summed E-state index contributed by atoms with van der Waals surface area (Å²) in [7, 11) is 1.79. The van der Waals surface area contributed by atoms with Gasteiger partial charge >= 0.3 is 6.03 Å². The molecular formula is C19H24F2N4O. The van der Waals surface area contributed by atoms with Gasteiger partial charge in [-0.15, -0.1) is 0 Å². The number of likely N-dealkylation sites (tertiary alicyclic amines) is 1. The van der Waals surface area contributed by atoms with Crippen LogP contribution in [0.5, 0.6) is 0 Å². The first-order chi connectivity index (χ1) is 12.5. The van der Waals surface area contributed by atoms with Gasteiger partial charge in [0, 0.05) is 32.1 Å². The molecule has 0 spiro atoms. The molecule has 2 amide bonds. The number of benzene rings is 1. The first-order valence-corrected chi connectivity index (χ1v) is 9.01. The van der Waals surface area contributed by atoms with E-state index in [2.05, 4.69) is 17.3 Å². The van der Waals surface area contributed by atoms with E-state index < -0.39 is 11.6 Å². The molecule has 1 N–H and O–H groups in total. The van der Waals surface area contributed by atoms with Crippen molar-refractivity contribution < 1.29 is 13.6 Å². The van der Waals surface area contributed by atoms with Gasteiger partial charge in [-0.25, -0.2) is 13.6 Å². The van der Waals surface area contributed by atoms with Gasteiger partial charge in [-0.1, -0.05) is 13.3 Å². The zero-order valence-electron chi connectivity index (χ0n) is 15.1. The van der Waals surface area contributed by atoms with Gasteiger partial charge in [-0.05, 0) is 43.0 Å². The van der Waals surface area contributed by atoms with E-state index in [1.54, 1.807) is 16.6 Å². The number of carbonyl (C=O) groups excluding carboxylic acids is 1. The van der Waals surface area contributed by atoms with Gasteiger partial charge in [-0.2, -0.15) is 5.10 Å². The summed E-state index contributed by atoms with van der Waals surface area (Å²) < 4.78 is 29.2. The van der Waals surface area contributed by atoms with Crippen molar-refractivity contribution in [3.05, 3.63) is 47.2 Å². The molecule has 140 valence electrons. The van der Waals surface area contributed by atoms with Crippen molar-refractivity contribution in [3.8, 4) is 0 Å². The summed E-state index contributed by atoms with van der Waals surface area (Å²) >= 11 is 0. The molecule has 7 heteroatoms. The smallest absolute Gasteiger partial charge is 0.323 e. The van der Waals surface area contributed by atoms with Gasteiger partial charge < -0.3 is 4.90 Å². The lowest BCUT2D eigenvalue weighted by Crippen LogP contribution is -2.42. The molecule has 26 heavy (non-hydrogen) atoms. The predicted molar refractivity (Wildman–Crippen MR) is 96.1 cm³/mol. The van der Waals surface area contributed by atoms with Crippen LogP contribution in [0.25, 0.3) is 0 Å². The van der Waals surface area contributed by atoms with Crippen LogP contribution in [0.2, 0.25) is 0 Å².